The average molecular weight is 380 g/mol. The lowest BCUT2D eigenvalue weighted by molar-refractivity contribution is -0.380. The Morgan fingerprint density at radius 1 is 1.50 bits per heavy atom. The molecule has 11 nitrogen and oxygen atoms in total. The summed E-state index contributed by atoms with van der Waals surface area (Å²) < 4.78 is 15.2. The Bertz CT molecular complexity index is 490. The molecule has 1 heterocycles. The number of nitrogens with one attached hydrogen (secondary N) is 1. The average Bonchev–Trinajstić information content (AvgIpc) is 2.54. The zero-order valence-corrected chi connectivity index (χ0v) is 15.1. The zero-order valence-electron chi connectivity index (χ0n) is 15.1. The molecule has 1 rings (SSSR count). The Morgan fingerprint density at radius 2 is 2.12 bits per heavy atom. The lowest BCUT2D eigenvalue weighted by Crippen LogP contribution is -2.69. The second-order valence-electron chi connectivity index (χ2n) is 5.73. The molecule has 1 aliphatic rings. The third-order valence-electron chi connectivity index (χ3n) is 3.76. The Balaban J connectivity index is 0.00000625. The fourth-order valence-electron chi connectivity index (χ4n) is 2.62. The van der Waals surface area contributed by atoms with Gasteiger partial charge in [0.15, 0.2) is 0 Å². The fraction of sp³-hybridized carbons (Fsp3) is 0.733. The number of carbonyl (C=O) groups is 2. The highest BCUT2D eigenvalue weighted by molar-refractivity contribution is 5.75. The van der Waals surface area contributed by atoms with E-state index in [2.05, 4.69) is 11.9 Å². The first-order chi connectivity index (χ1) is 11.7. The van der Waals surface area contributed by atoms with Crippen LogP contribution in [0.2, 0.25) is 0 Å². The second kappa shape index (κ2) is 10.5. The number of ether oxygens (including phenoxy) is 3. The minimum absolute atomic E-state index is 0. The molecule has 0 spiro atoms. The maximum Gasteiger partial charge on any atom is 0.217 e. The molecule has 6 atom stereocenters. The fourth-order valence-corrected chi connectivity index (χ4v) is 2.62. The topological polar surface area (TPSA) is 194 Å². The number of aliphatic hydroxyl groups excluding tert-OH is 3. The van der Waals surface area contributed by atoms with E-state index in [0.717, 1.165) is 0 Å². The van der Waals surface area contributed by atoms with Gasteiger partial charge in [-0.1, -0.05) is 6.08 Å². The van der Waals surface area contributed by atoms with E-state index < -0.39 is 54.5 Å². The summed E-state index contributed by atoms with van der Waals surface area (Å²) in [7, 11) is 1.29. The molecule has 26 heavy (non-hydrogen) atoms. The van der Waals surface area contributed by atoms with E-state index >= 15 is 0 Å². The van der Waals surface area contributed by atoms with Gasteiger partial charge in [-0.15, -0.1) is 6.58 Å². The lowest BCUT2D eigenvalue weighted by Gasteiger charge is -2.48. The van der Waals surface area contributed by atoms with Gasteiger partial charge in [0.25, 0.3) is 0 Å². The summed E-state index contributed by atoms with van der Waals surface area (Å²) >= 11 is 0. The molecular weight excluding hydrogens is 352 g/mol. The Kier molecular flexibility index (Phi) is 9.88. The molecule has 0 unspecified atom stereocenters. The van der Waals surface area contributed by atoms with Crippen LogP contribution in [0.4, 0.5) is 0 Å². The third-order valence-corrected chi connectivity index (χ3v) is 3.76. The van der Waals surface area contributed by atoms with Crippen molar-refractivity contribution in [2.45, 2.75) is 49.6 Å². The van der Waals surface area contributed by atoms with Crippen LogP contribution >= 0.6 is 0 Å². The predicted molar refractivity (Wildman–Crippen MR) is 86.9 cm³/mol. The van der Waals surface area contributed by atoms with Gasteiger partial charge < -0.3 is 50.9 Å². The molecule has 0 aromatic carbocycles. The number of aliphatic carboxylic acids is 1. The van der Waals surface area contributed by atoms with Gasteiger partial charge in [0.05, 0.1) is 25.4 Å². The van der Waals surface area contributed by atoms with Crippen LogP contribution in [0.25, 0.3) is 0 Å². The number of hydrogen-bond donors (Lipinski definition) is 5. The molecule has 0 saturated carbocycles. The summed E-state index contributed by atoms with van der Waals surface area (Å²) in [5.74, 6) is -4.69. The number of carbonyl (C=O) groups excluding carboxylic acids is 2. The number of methoxy groups -OCH3 is 1. The van der Waals surface area contributed by atoms with Gasteiger partial charge in [-0.25, -0.2) is 0 Å². The molecule has 0 bridgehead atoms. The minimum atomic E-state index is -2.37. The molecule has 8 N–H and O–H groups in total. The monoisotopic (exact) mass is 380 g/mol. The van der Waals surface area contributed by atoms with Gasteiger partial charge in [0, 0.05) is 20.5 Å². The maximum atomic E-state index is 11.6. The molecule has 1 aliphatic heterocycles. The number of carboxylic acid groups (broad SMARTS) is 1. The molecular formula is C15H28N2O9. The van der Waals surface area contributed by atoms with Gasteiger partial charge in [-0.05, 0) is 0 Å². The van der Waals surface area contributed by atoms with Gasteiger partial charge in [0.1, 0.15) is 24.3 Å². The number of aliphatic hydroxyl groups is 3. The standard InChI is InChI=1S/C15H25NO9.H3N/c1-4-5-24-15(14(21)22)6-9(18)11(16-8(2)17)13(25-15)12(20)10(19)7-23-3;/h4,9-13,18-20H,1,5-7H2,2-3H3,(H,16,17)(H,21,22);1H3/t9-,10+,11+,12+,13+,15+;/m0./s1. The predicted octanol–water partition coefficient (Wildman–Crippen LogP) is -2.97. The van der Waals surface area contributed by atoms with E-state index in [9.17, 15) is 30.0 Å². The lowest BCUT2D eigenvalue weighted by atomic mass is 9.88. The van der Waals surface area contributed by atoms with Crippen LogP contribution in [0, 0.1) is 0 Å². The molecule has 1 saturated heterocycles. The van der Waals surface area contributed by atoms with Crippen LogP contribution < -0.4 is 16.6 Å². The first kappa shape index (κ1) is 24.4. The van der Waals surface area contributed by atoms with Crippen molar-refractivity contribution >= 4 is 11.9 Å². The first-order valence-corrected chi connectivity index (χ1v) is 7.63. The van der Waals surface area contributed by atoms with Gasteiger partial charge in [0.2, 0.25) is 11.7 Å². The summed E-state index contributed by atoms with van der Waals surface area (Å²) in [5, 5.41) is 44.5. The van der Waals surface area contributed by atoms with Crippen molar-refractivity contribution < 1.29 is 44.2 Å². The number of quaternary nitrogens is 1. The van der Waals surface area contributed by atoms with Crippen LogP contribution in [-0.4, -0.2) is 83.8 Å². The van der Waals surface area contributed by atoms with E-state index in [4.69, 9.17) is 14.2 Å². The summed E-state index contributed by atoms with van der Waals surface area (Å²) in [6.07, 6.45) is -5.38. The molecule has 1 amide bonds. The van der Waals surface area contributed by atoms with Crippen LogP contribution in [0.3, 0.4) is 0 Å². The number of carboxylic acids is 1. The second-order valence-corrected chi connectivity index (χ2v) is 5.73. The summed E-state index contributed by atoms with van der Waals surface area (Å²) in [5.41, 5.74) is 0. The molecule has 0 radical (unpaired) electrons. The number of hydrogen-bond acceptors (Lipinski definition) is 9. The van der Waals surface area contributed by atoms with Crippen molar-refractivity contribution in [3.63, 3.8) is 0 Å². The van der Waals surface area contributed by atoms with E-state index in [-0.39, 0.29) is 19.4 Å². The van der Waals surface area contributed by atoms with Crippen molar-refractivity contribution in [2.75, 3.05) is 20.3 Å². The normalized spacial score (nSPS) is 30.6. The molecule has 0 aromatic rings. The van der Waals surface area contributed by atoms with Gasteiger partial charge >= 0.3 is 0 Å². The van der Waals surface area contributed by atoms with Crippen molar-refractivity contribution in [1.29, 1.82) is 0 Å². The number of amides is 1. The van der Waals surface area contributed by atoms with Gasteiger partial charge in [-0.3, -0.25) is 4.79 Å². The van der Waals surface area contributed by atoms with Crippen LogP contribution in [-0.2, 0) is 23.8 Å². The quantitative estimate of drug-likeness (QED) is 0.260. The minimum Gasteiger partial charge on any atom is -0.544 e. The maximum absolute atomic E-state index is 11.6. The van der Waals surface area contributed by atoms with Crippen LogP contribution in [0.1, 0.15) is 13.3 Å². The number of rotatable bonds is 9. The Hall–Kier alpha value is -1.60. The SMILES string of the molecule is C=CCO[C@]1(C(=O)[O-])C[C@H](O)[C@@H](NC(C)=O)[C@H]([C@H](O)[C@H](O)COC)O1.[NH4+]. The highest BCUT2D eigenvalue weighted by atomic mass is 16.7. The van der Waals surface area contributed by atoms with Crippen molar-refractivity contribution in [3.05, 3.63) is 12.7 Å². The molecule has 0 aromatic heterocycles. The van der Waals surface area contributed by atoms with Crippen LogP contribution in [0.15, 0.2) is 12.7 Å². The Labute approximate surface area is 151 Å². The summed E-state index contributed by atoms with van der Waals surface area (Å²) in [6, 6.07) is -1.18. The molecule has 11 heteroatoms. The highest BCUT2D eigenvalue weighted by Gasteiger charge is 2.52. The van der Waals surface area contributed by atoms with E-state index in [1.807, 2.05) is 0 Å². The van der Waals surface area contributed by atoms with Gasteiger partial charge in [-0.2, -0.15) is 0 Å². The summed E-state index contributed by atoms with van der Waals surface area (Å²) in [4.78, 5) is 22.9. The van der Waals surface area contributed by atoms with E-state index in [0.29, 0.717) is 0 Å². The largest absolute Gasteiger partial charge is 0.544 e. The molecule has 0 aliphatic carbocycles. The molecule has 152 valence electrons. The van der Waals surface area contributed by atoms with E-state index in [1.165, 1.54) is 20.1 Å². The van der Waals surface area contributed by atoms with Crippen LogP contribution in [0.5, 0.6) is 0 Å². The highest BCUT2D eigenvalue weighted by Crippen LogP contribution is 2.33. The summed E-state index contributed by atoms with van der Waals surface area (Å²) in [6.45, 7) is 4.06. The Morgan fingerprint density at radius 3 is 2.58 bits per heavy atom. The third kappa shape index (κ3) is 5.71. The van der Waals surface area contributed by atoms with E-state index in [1.54, 1.807) is 0 Å². The van der Waals surface area contributed by atoms with Crippen molar-refractivity contribution in [3.8, 4) is 0 Å². The smallest absolute Gasteiger partial charge is 0.217 e. The van der Waals surface area contributed by atoms with Crippen molar-refractivity contribution in [2.24, 2.45) is 0 Å². The van der Waals surface area contributed by atoms with Crippen molar-refractivity contribution in [1.82, 2.24) is 11.5 Å². The zero-order chi connectivity index (χ0) is 19.2. The first-order valence-electron chi connectivity index (χ1n) is 7.63. The molecule has 1 fully saturated rings.